The number of benzene rings is 1. The van der Waals surface area contributed by atoms with Crippen LogP contribution in [0.4, 0.5) is 0 Å². The number of carbonyl (C=O) groups excluding carboxylic acids is 2. The first-order valence-corrected chi connectivity index (χ1v) is 34.7. The fraction of sp³-hybridized carbons (Fsp3) is 0.784. The molecule has 0 aliphatic heterocycles. The summed E-state index contributed by atoms with van der Waals surface area (Å²) in [6.07, 6.45) is 22.6. The van der Waals surface area contributed by atoms with Crippen molar-refractivity contribution in [2.45, 2.75) is 263 Å². The lowest BCUT2D eigenvalue weighted by Gasteiger charge is -2.71. The summed E-state index contributed by atoms with van der Waals surface area (Å²) < 4.78 is 3.64. The number of allylic oxidation sites excluding steroid dienone is 4. The van der Waals surface area contributed by atoms with Gasteiger partial charge in [0.15, 0.2) is 0 Å². The second-order valence-electron chi connectivity index (χ2n) is 35.7. The summed E-state index contributed by atoms with van der Waals surface area (Å²) in [4.78, 5) is 30.3. The maximum absolute atomic E-state index is 15.1. The molecule has 0 spiro atoms. The Morgan fingerprint density at radius 1 is 0.489 bits per heavy atom. The number of fused-ring (bicyclic) bond motifs is 14. The third-order valence-corrected chi connectivity index (χ3v) is 30.0. The average Bonchev–Trinajstić information content (AvgIpc) is 0.727. The highest BCUT2D eigenvalue weighted by atomic mass is 16.3. The summed E-state index contributed by atoms with van der Waals surface area (Å²) in [7, 11) is 0. The van der Waals surface area contributed by atoms with Gasteiger partial charge in [0.2, 0.25) is 11.8 Å². The lowest BCUT2D eigenvalue weighted by Crippen LogP contribution is -2.68. The Kier molecular flexibility index (Phi) is 14.7. The van der Waals surface area contributed by atoms with E-state index in [1.165, 1.54) is 11.1 Å². The molecule has 2 amide bonds. The quantitative estimate of drug-likeness (QED) is 0.106. The molecule has 10 aliphatic rings. The normalized spacial score (nSPS) is 44.1. The van der Waals surface area contributed by atoms with Gasteiger partial charge in [0, 0.05) is 0 Å². The van der Waals surface area contributed by atoms with Crippen molar-refractivity contribution in [3.8, 4) is 0 Å². The van der Waals surface area contributed by atoms with Gasteiger partial charge in [-0.2, -0.15) is 0 Å². The van der Waals surface area contributed by atoms with Gasteiger partial charge >= 0.3 is 0 Å². The minimum absolute atomic E-state index is 0.0297. The highest BCUT2D eigenvalue weighted by molar-refractivity contribution is 5.85. The van der Waals surface area contributed by atoms with Gasteiger partial charge in [-0.05, 0) is 216 Å². The number of nitrogens with one attached hydrogen (secondary N) is 2. The van der Waals surface area contributed by atoms with Gasteiger partial charge in [0.05, 0.1) is 73.8 Å². The summed E-state index contributed by atoms with van der Waals surface area (Å²) >= 11 is 0. The molecule has 2 aromatic heterocycles. The van der Waals surface area contributed by atoms with Crippen LogP contribution in [0.1, 0.15) is 235 Å². The number of hydrogen-bond donors (Lipinski definition) is 6. The van der Waals surface area contributed by atoms with Crippen LogP contribution in [0.2, 0.25) is 0 Å². The van der Waals surface area contributed by atoms with Gasteiger partial charge in [-0.25, -0.2) is 9.36 Å². The molecular weight excluding hydrogens is 1100 g/mol. The Balaban J connectivity index is 0.670. The molecular formula is C74H110N8O6. The van der Waals surface area contributed by atoms with Crippen molar-refractivity contribution in [2.24, 2.45) is 100 Å². The van der Waals surface area contributed by atoms with Crippen LogP contribution >= 0.6 is 0 Å². The monoisotopic (exact) mass is 1210 g/mol. The number of rotatable bonds is 10. The van der Waals surface area contributed by atoms with E-state index < -0.39 is 23.0 Å². The van der Waals surface area contributed by atoms with Crippen LogP contribution < -0.4 is 10.6 Å². The minimum Gasteiger partial charge on any atom is -0.393 e. The van der Waals surface area contributed by atoms with Gasteiger partial charge in [-0.15, -0.1) is 10.2 Å². The molecule has 3 aromatic rings. The van der Waals surface area contributed by atoms with E-state index in [0.717, 1.165) is 101 Å². The second kappa shape index (κ2) is 20.6. The standard InChI is InChI=1S/C74H110N8O6/c1-63(2)31-33-73(51(35-63)49-19-21-55-67(9)27-25-57(83)65(5,6)53(67)23-29-69(55,11)71(49,13)37-59(73)85)61(87)75-39-47-43-81(79-77-47)41-45-17-15-16-18-46(45)42-82-44-48(78-80-82)40-76-62(88)74-34-32-64(3,4)36-52(74)50-20-22-56-68(10)28-26-58(84)66(7,8)54(68)24-30-70(56,12)72(50,14)38-60(74)86/h15-20,43-44,51-60,83-86H,21-42H2,1-14H3,(H,75,87)(H,76,88)/t51?,52?,53?,54?,55?,56?,57-,58-,59+,60+,67-,68-,69+,70+,71+,72+,73+,74+/m0/s1. The first kappa shape index (κ1) is 62.6. The zero-order valence-electron chi connectivity index (χ0n) is 56.2. The molecule has 10 aliphatic carbocycles. The van der Waals surface area contributed by atoms with Gasteiger partial charge in [-0.3, -0.25) is 9.59 Å². The number of carbonyl (C=O) groups is 2. The Morgan fingerprint density at radius 2 is 0.875 bits per heavy atom. The molecule has 0 radical (unpaired) electrons. The highest BCUT2D eigenvalue weighted by Crippen LogP contribution is 2.78. The van der Waals surface area contributed by atoms with E-state index in [9.17, 15) is 20.4 Å². The van der Waals surface area contributed by atoms with E-state index in [-0.39, 0.29) is 103 Å². The molecule has 2 heterocycles. The van der Waals surface area contributed by atoms with Crippen LogP contribution in [0.25, 0.3) is 0 Å². The number of amides is 2. The smallest absolute Gasteiger partial charge is 0.229 e. The predicted octanol–water partition coefficient (Wildman–Crippen LogP) is 12.5. The van der Waals surface area contributed by atoms with Crippen molar-refractivity contribution < 1.29 is 30.0 Å². The van der Waals surface area contributed by atoms with E-state index >= 15 is 9.59 Å². The van der Waals surface area contributed by atoms with E-state index in [2.05, 4.69) is 152 Å². The molecule has 14 heteroatoms. The maximum Gasteiger partial charge on any atom is 0.229 e. The summed E-state index contributed by atoms with van der Waals surface area (Å²) in [5.41, 5.74) is 3.70. The summed E-state index contributed by atoms with van der Waals surface area (Å²) in [5.74, 6) is 1.45. The molecule has 14 nitrogen and oxygen atoms in total. The molecule has 6 unspecified atom stereocenters. The maximum atomic E-state index is 15.1. The summed E-state index contributed by atoms with van der Waals surface area (Å²) in [5, 5.41) is 73.0. The van der Waals surface area contributed by atoms with Gasteiger partial charge in [-0.1, -0.05) is 155 Å². The Hall–Kier alpha value is -4.24. The molecule has 482 valence electrons. The topological polar surface area (TPSA) is 201 Å². The van der Waals surface area contributed by atoms with Gasteiger partial charge < -0.3 is 31.1 Å². The SMILES string of the molecule is CC1(C)CC[C@@]2(C(=O)NCc3cn(Cc4ccccc4Cn4cc(CNC(=O)[C@]56CCC(C)(C)CC5C5=CCC7[C@@]8(C)CC[C@H](O)C(C)(C)C8CC[C@@]7(C)[C@]5(C)C[C@H]6O)nn4)nn3)C(C1)C1=CCC3[C@@]4(C)CC[C@H](O)C(C)(C)C4CC[C@@]3(C)[C@]1(C)C[C@H]2O. The highest BCUT2D eigenvalue weighted by Gasteiger charge is 2.73. The molecule has 0 saturated heterocycles. The summed E-state index contributed by atoms with van der Waals surface area (Å²) in [6, 6.07) is 8.22. The van der Waals surface area contributed by atoms with Crippen LogP contribution in [-0.4, -0.2) is 86.6 Å². The molecule has 6 N–H and O–H groups in total. The van der Waals surface area contributed by atoms with E-state index in [1.807, 2.05) is 33.9 Å². The first-order valence-electron chi connectivity index (χ1n) is 34.7. The van der Waals surface area contributed by atoms with Crippen LogP contribution in [0.3, 0.4) is 0 Å². The lowest BCUT2D eigenvalue weighted by molar-refractivity contribution is -0.215. The third-order valence-electron chi connectivity index (χ3n) is 30.0. The van der Waals surface area contributed by atoms with Gasteiger partial charge in [0.1, 0.15) is 11.4 Å². The zero-order chi connectivity index (χ0) is 63.0. The largest absolute Gasteiger partial charge is 0.393 e. The van der Waals surface area contributed by atoms with Crippen molar-refractivity contribution >= 4 is 11.8 Å². The fourth-order valence-corrected chi connectivity index (χ4v) is 24.4. The Morgan fingerprint density at radius 3 is 1.26 bits per heavy atom. The number of aliphatic hydroxyl groups is 4. The number of aliphatic hydroxyl groups excluding tert-OH is 4. The number of aromatic nitrogens is 6. The average molecular weight is 1210 g/mol. The van der Waals surface area contributed by atoms with Crippen LogP contribution in [0, 0.1) is 100 Å². The van der Waals surface area contributed by atoms with Gasteiger partial charge in [0.25, 0.3) is 0 Å². The second-order valence-corrected chi connectivity index (χ2v) is 35.7. The fourth-order valence-electron chi connectivity index (χ4n) is 24.4. The van der Waals surface area contributed by atoms with E-state index in [0.29, 0.717) is 73.8 Å². The van der Waals surface area contributed by atoms with E-state index in [1.54, 1.807) is 0 Å². The molecule has 0 bridgehead atoms. The van der Waals surface area contributed by atoms with Crippen molar-refractivity contribution in [3.63, 3.8) is 0 Å². The van der Waals surface area contributed by atoms with Crippen molar-refractivity contribution in [1.29, 1.82) is 0 Å². The van der Waals surface area contributed by atoms with Crippen LogP contribution in [-0.2, 0) is 35.8 Å². The molecule has 13 rings (SSSR count). The molecule has 8 saturated carbocycles. The summed E-state index contributed by atoms with van der Waals surface area (Å²) in [6.45, 7) is 34.8. The Bertz CT molecular complexity index is 3090. The molecule has 8 fully saturated rings. The van der Waals surface area contributed by atoms with Crippen LogP contribution in [0.5, 0.6) is 0 Å². The van der Waals surface area contributed by atoms with Crippen LogP contribution in [0.15, 0.2) is 60.0 Å². The van der Waals surface area contributed by atoms with E-state index in [4.69, 9.17) is 0 Å². The third kappa shape index (κ3) is 8.90. The van der Waals surface area contributed by atoms with Crippen molar-refractivity contribution in [1.82, 2.24) is 40.6 Å². The first-order chi connectivity index (χ1) is 41.2. The molecule has 88 heavy (non-hydrogen) atoms. The predicted molar refractivity (Wildman–Crippen MR) is 341 cm³/mol. The Labute approximate surface area is 526 Å². The molecule has 1 aromatic carbocycles. The molecule has 18 atom stereocenters. The number of hydrogen-bond acceptors (Lipinski definition) is 10. The number of nitrogens with zero attached hydrogens (tertiary/aromatic N) is 6. The minimum atomic E-state index is -0.936. The van der Waals surface area contributed by atoms with Crippen molar-refractivity contribution in [3.05, 3.63) is 82.5 Å². The van der Waals surface area contributed by atoms with Crippen molar-refractivity contribution in [2.75, 3.05) is 0 Å². The zero-order valence-corrected chi connectivity index (χ0v) is 56.2. The lowest BCUT2D eigenvalue weighted by atomic mass is 9.33.